The summed E-state index contributed by atoms with van der Waals surface area (Å²) in [4.78, 5) is 0. The number of benzene rings is 1. The highest BCUT2D eigenvalue weighted by atomic mass is 16.7. The molecular formula is C13H19NO2. The van der Waals surface area contributed by atoms with Crippen molar-refractivity contribution < 1.29 is 9.47 Å². The molecule has 0 fully saturated rings. The first-order valence-electron chi connectivity index (χ1n) is 5.76. The van der Waals surface area contributed by atoms with Crippen molar-refractivity contribution in [3.05, 3.63) is 23.8 Å². The Morgan fingerprint density at radius 2 is 2.00 bits per heavy atom. The van der Waals surface area contributed by atoms with E-state index in [1.54, 1.807) is 0 Å². The Hall–Kier alpha value is -1.22. The summed E-state index contributed by atoms with van der Waals surface area (Å²) in [6, 6.07) is 6.24. The maximum atomic E-state index is 5.40. The normalized spacial score (nSPS) is 15.5. The molecular weight excluding hydrogens is 202 g/mol. The Balaban J connectivity index is 2.24. The van der Waals surface area contributed by atoms with Crippen molar-refractivity contribution in [2.75, 3.05) is 20.4 Å². The Kier molecular flexibility index (Phi) is 3.34. The van der Waals surface area contributed by atoms with Crippen molar-refractivity contribution in [2.24, 2.45) is 5.92 Å². The maximum Gasteiger partial charge on any atom is 0.231 e. The second-order valence-corrected chi connectivity index (χ2v) is 4.52. The van der Waals surface area contributed by atoms with E-state index in [4.69, 9.17) is 9.47 Å². The number of hydrogen-bond acceptors (Lipinski definition) is 3. The molecule has 1 unspecified atom stereocenters. The molecule has 0 bridgehead atoms. The molecule has 0 aromatic heterocycles. The molecule has 2 rings (SSSR count). The lowest BCUT2D eigenvalue weighted by molar-refractivity contribution is 0.174. The summed E-state index contributed by atoms with van der Waals surface area (Å²) in [5, 5.41) is 3.24. The van der Waals surface area contributed by atoms with Crippen LogP contribution in [-0.4, -0.2) is 20.4 Å². The van der Waals surface area contributed by atoms with Crippen LogP contribution >= 0.6 is 0 Å². The summed E-state index contributed by atoms with van der Waals surface area (Å²) in [6.07, 6.45) is 0. The van der Waals surface area contributed by atoms with Crippen molar-refractivity contribution in [1.82, 2.24) is 5.32 Å². The van der Waals surface area contributed by atoms with Crippen molar-refractivity contribution in [2.45, 2.75) is 19.8 Å². The van der Waals surface area contributed by atoms with Crippen LogP contribution in [0.5, 0.6) is 11.5 Å². The van der Waals surface area contributed by atoms with Crippen LogP contribution in [0.4, 0.5) is 0 Å². The largest absolute Gasteiger partial charge is 0.454 e. The lowest BCUT2D eigenvalue weighted by Crippen LogP contribution is -2.21. The minimum Gasteiger partial charge on any atom is -0.454 e. The molecule has 0 amide bonds. The number of rotatable bonds is 4. The van der Waals surface area contributed by atoms with E-state index in [1.165, 1.54) is 5.56 Å². The van der Waals surface area contributed by atoms with Gasteiger partial charge in [0.1, 0.15) is 0 Å². The molecule has 0 aliphatic carbocycles. The molecule has 88 valence electrons. The summed E-state index contributed by atoms with van der Waals surface area (Å²) in [5.41, 5.74) is 1.31. The van der Waals surface area contributed by atoms with Gasteiger partial charge in [-0.1, -0.05) is 19.9 Å². The average molecular weight is 221 g/mol. The smallest absolute Gasteiger partial charge is 0.231 e. The topological polar surface area (TPSA) is 30.5 Å². The van der Waals surface area contributed by atoms with Crippen LogP contribution < -0.4 is 14.8 Å². The molecule has 3 heteroatoms. The quantitative estimate of drug-likeness (QED) is 0.846. The molecule has 0 saturated carbocycles. The van der Waals surface area contributed by atoms with Crippen LogP contribution in [0.1, 0.15) is 25.3 Å². The van der Waals surface area contributed by atoms with Crippen LogP contribution in [-0.2, 0) is 0 Å². The van der Waals surface area contributed by atoms with E-state index in [0.717, 1.165) is 18.0 Å². The van der Waals surface area contributed by atoms with Gasteiger partial charge in [-0.3, -0.25) is 0 Å². The van der Waals surface area contributed by atoms with E-state index in [0.29, 0.717) is 18.6 Å². The third-order valence-corrected chi connectivity index (χ3v) is 3.05. The van der Waals surface area contributed by atoms with Gasteiger partial charge in [0.05, 0.1) is 0 Å². The molecule has 1 aromatic rings. The molecule has 1 aliphatic heterocycles. The van der Waals surface area contributed by atoms with E-state index in [9.17, 15) is 0 Å². The SMILES string of the molecule is CNCC(c1ccc2c(c1)OCO2)C(C)C. The minimum atomic E-state index is 0.344. The van der Waals surface area contributed by atoms with Gasteiger partial charge in [-0.2, -0.15) is 0 Å². The summed E-state index contributed by atoms with van der Waals surface area (Å²) < 4.78 is 10.7. The lowest BCUT2D eigenvalue weighted by atomic mass is 9.88. The Morgan fingerprint density at radius 3 is 2.69 bits per heavy atom. The summed E-state index contributed by atoms with van der Waals surface area (Å²) in [7, 11) is 1.99. The van der Waals surface area contributed by atoms with E-state index < -0.39 is 0 Å². The zero-order chi connectivity index (χ0) is 11.5. The monoisotopic (exact) mass is 221 g/mol. The molecule has 0 radical (unpaired) electrons. The molecule has 3 nitrogen and oxygen atoms in total. The van der Waals surface area contributed by atoms with Crippen LogP contribution in [0.25, 0.3) is 0 Å². The van der Waals surface area contributed by atoms with Crippen molar-refractivity contribution >= 4 is 0 Å². The number of ether oxygens (including phenoxy) is 2. The molecule has 1 heterocycles. The summed E-state index contributed by atoms with van der Waals surface area (Å²) >= 11 is 0. The van der Waals surface area contributed by atoms with Gasteiger partial charge in [-0.05, 0) is 36.6 Å². The van der Waals surface area contributed by atoms with Crippen molar-refractivity contribution in [1.29, 1.82) is 0 Å². The Bertz CT molecular complexity index is 363. The Labute approximate surface area is 96.8 Å². The predicted octanol–water partition coefficient (Wildman–Crippen LogP) is 2.37. The first-order chi connectivity index (χ1) is 7.72. The summed E-state index contributed by atoms with van der Waals surface area (Å²) in [6.45, 7) is 5.81. The van der Waals surface area contributed by atoms with Crippen LogP contribution in [0.3, 0.4) is 0 Å². The maximum absolute atomic E-state index is 5.40. The zero-order valence-electron chi connectivity index (χ0n) is 10.1. The third kappa shape index (κ3) is 2.14. The third-order valence-electron chi connectivity index (χ3n) is 3.05. The van der Waals surface area contributed by atoms with Gasteiger partial charge in [0.25, 0.3) is 0 Å². The van der Waals surface area contributed by atoms with Gasteiger partial charge in [-0.25, -0.2) is 0 Å². The second-order valence-electron chi connectivity index (χ2n) is 4.52. The lowest BCUT2D eigenvalue weighted by Gasteiger charge is -2.21. The fraction of sp³-hybridized carbons (Fsp3) is 0.538. The van der Waals surface area contributed by atoms with Crippen LogP contribution in [0, 0.1) is 5.92 Å². The van der Waals surface area contributed by atoms with Gasteiger partial charge >= 0.3 is 0 Å². The molecule has 16 heavy (non-hydrogen) atoms. The zero-order valence-corrected chi connectivity index (χ0v) is 10.1. The molecule has 1 aliphatic rings. The van der Waals surface area contributed by atoms with Crippen LogP contribution in [0.2, 0.25) is 0 Å². The van der Waals surface area contributed by atoms with E-state index in [1.807, 2.05) is 13.1 Å². The minimum absolute atomic E-state index is 0.344. The number of fused-ring (bicyclic) bond motifs is 1. The van der Waals surface area contributed by atoms with Gasteiger partial charge in [0, 0.05) is 6.54 Å². The fourth-order valence-corrected chi connectivity index (χ4v) is 2.10. The standard InChI is InChI=1S/C13H19NO2/c1-9(2)11(7-14-3)10-4-5-12-13(6-10)16-8-15-12/h4-6,9,11,14H,7-8H2,1-3H3. The van der Waals surface area contributed by atoms with Gasteiger partial charge in [0.2, 0.25) is 6.79 Å². The molecule has 0 spiro atoms. The first-order valence-corrected chi connectivity index (χ1v) is 5.76. The van der Waals surface area contributed by atoms with Gasteiger partial charge < -0.3 is 14.8 Å². The van der Waals surface area contributed by atoms with E-state index >= 15 is 0 Å². The average Bonchev–Trinajstić information content (AvgIpc) is 2.72. The molecule has 1 aromatic carbocycles. The van der Waals surface area contributed by atoms with Crippen molar-refractivity contribution in [3.8, 4) is 11.5 Å². The Morgan fingerprint density at radius 1 is 1.25 bits per heavy atom. The molecule has 0 saturated heterocycles. The van der Waals surface area contributed by atoms with Crippen molar-refractivity contribution in [3.63, 3.8) is 0 Å². The van der Waals surface area contributed by atoms with E-state index in [2.05, 4.69) is 31.3 Å². The predicted molar refractivity (Wildman–Crippen MR) is 64.1 cm³/mol. The van der Waals surface area contributed by atoms with E-state index in [-0.39, 0.29) is 0 Å². The first kappa shape index (κ1) is 11.3. The molecule has 1 N–H and O–H groups in total. The highest BCUT2D eigenvalue weighted by Crippen LogP contribution is 2.36. The van der Waals surface area contributed by atoms with Crippen LogP contribution in [0.15, 0.2) is 18.2 Å². The number of nitrogens with one attached hydrogen (secondary N) is 1. The summed E-state index contributed by atoms with van der Waals surface area (Å²) in [5.74, 6) is 2.85. The fourth-order valence-electron chi connectivity index (χ4n) is 2.10. The second kappa shape index (κ2) is 4.74. The number of hydrogen-bond donors (Lipinski definition) is 1. The highest BCUT2D eigenvalue weighted by molar-refractivity contribution is 5.45. The van der Waals surface area contributed by atoms with Gasteiger partial charge in [0.15, 0.2) is 11.5 Å². The van der Waals surface area contributed by atoms with Gasteiger partial charge in [-0.15, -0.1) is 0 Å². The molecule has 1 atom stereocenters. The number of likely N-dealkylation sites (N-methyl/N-ethyl adjacent to an activating group) is 1. The highest BCUT2D eigenvalue weighted by Gasteiger charge is 2.19.